The molecule has 2 N–H and O–H groups in total. The van der Waals surface area contributed by atoms with E-state index in [-0.39, 0.29) is 5.91 Å². The summed E-state index contributed by atoms with van der Waals surface area (Å²) in [6.07, 6.45) is -0.477. The molecule has 0 aliphatic heterocycles. The minimum atomic E-state index is -0.538. The lowest BCUT2D eigenvalue weighted by molar-refractivity contribution is 0.0523. The van der Waals surface area contributed by atoms with E-state index in [1.165, 1.54) is 0 Å². The van der Waals surface area contributed by atoms with E-state index in [1.807, 2.05) is 0 Å². The maximum atomic E-state index is 12.2. The van der Waals surface area contributed by atoms with E-state index in [1.54, 1.807) is 69.3 Å². The highest BCUT2D eigenvalue weighted by atomic mass is 35.5. The summed E-state index contributed by atoms with van der Waals surface area (Å²) in [5, 5.41) is 6.12. The molecule has 0 aliphatic rings. The highest BCUT2D eigenvalue weighted by Gasteiger charge is 2.15. The zero-order valence-electron chi connectivity index (χ0n) is 16.3. The quantitative estimate of drug-likeness (QED) is 0.679. The Morgan fingerprint density at radius 2 is 1.61 bits per heavy atom. The van der Waals surface area contributed by atoms with Crippen LogP contribution in [0.1, 0.15) is 36.7 Å². The van der Waals surface area contributed by atoms with Crippen molar-refractivity contribution < 1.29 is 19.1 Å². The van der Waals surface area contributed by atoms with Gasteiger partial charge in [-0.05, 0) is 62.7 Å². The lowest BCUT2D eigenvalue weighted by Gasteiger charge is -2.19. The van der Waals surface area contributed by atoms with Crippen LogP contribution in [0.25, 0.3) is 0 Å². The average molecular weight is 405 g/mol. The smallest absolute Gasteiger partial charge is 0.407 e. The number of hydrogen-bond donors (Lipinski definition) is 2. The van der Waals surface area contributed by atoms with Crippen molar-refractivity contribution in [3.05, 3.63) is 64.7 Å². The van der Waals surface area contributed by atoms with Gasteiger partial charge >= 0.3 is 6.09 Å². The van der Waals surface area contributed by atoms with E-state index in [0.717, 1.165) is 5.56 Å². The molecule has 0 unspecified atom stereocenters. The molecule has 0 saturated heterocycles. The van der Waals surface area contributed by atoms with E-state index >= 15 is 0 Å². The molecule has 0 bridgehead atoms. The van der Waals surface area contributed by atoms with Crippen LogP contribution in [0.5, 0.6) is 5.75 Å². The van der Waals surface area contributed by atoms with E-state index in [4.69, 9.17) is 21.1 Å². The second kappa shape index (κ2) is 9.99. The number of alkyl carbamates (subject to hydrolysis) is 1. The van der Waals surface area contributed by atoms with Crippen molar-refractivity contribution in [1.82, 2.24) is 10.6 Å². The third-order valence-electron chi connectivity index (χ3n) is 3.52. The van der Waals surface area contributed by atoms with Gasteiger partial charge in [-0.25, -0.2) is 4.79 Å². The van der Waals surface area contributed by atoms with Gasteiger partial charge in [-0.3, -0.25) is 4.79 Å². The van der Waals surface area contributed by atoms with Gasteiger partial charge in [0.15, 0.2) is 0 Å². The second-order valence-corrected chi connectivity index (χ2v) is 7.55. The fourth-order valence-electron chi connectivity index (χ4n) is 2.23. The molecule has 6 nitrogen and oxygen atoms in total. The van der Waals surface area contributed by atoms with Crippen molar-refractivity contribution in [2.75, 3.05) is 13.2 Å². The van der Waals surface area contributed by atoms with Crippen LogP contribution in [0.4, 0.5) is 4.79 Å². The van der Waals surface area contributed by atoms with Crippen LogP contribution in [0.2, 0.25) is 5.02 Å². The monoisotopic (exact) mass is 404 g/mol. The van der Waals surface area contributed by atoms with Gasteiger partial charge in [-0.1, -0.05) is 23.7 Å². The van der Waals surface area contributed by atoms with Gasteiger partial charge in [0.05, 0.1) is 6.54 Å². The second-order valence-electron chi connectivity index (χ2n) is 7.11. The zero-order valence-corrected chi connectivity index (χ0v) is 17.0. The van der Waals surface area contributed by atoms with Crippen molar-refractivity contribution in [3.8, 4) is 5.75 Å². The van der Waals surface area contributed by atoms with Crippen LogP contribution < -0.4 is 15.4 Å². The highest BCUT2D eigenvalue weighted by molar-refractivity contribution is 6.30. The number of halogens is 1. The van der Waals surface area contributed by atoms with Crippen LogP contribution in [0, 0.1) is 0 Å². The third-order valence-corrected chi connectivity index (χ3v) is 3.77. The van der Waals surface area contributed by atoms with E-state index < -0.39 is 11.7 Å². The maximum Gasteiger partial charge on any atom is 0.407 e. The van der Waals surface area contributed by atoms with E-state index in [2.05, 4.69) is 10.6 Å². The molecule has 0 aromatic heterocycles. The summed E-state index contributed by atoms with van der Waals surface area (Å²) in [5.41, 5.74) is 0.865. The minimum absolute atomic E-state index is 0.189. The first kappa shape index (κ1) is 21.6. The van der Waals surface area contributed by atoms with Crippen LogP contribution >= 0.6 is 11.6 Å². The number of benzene rings is 2. The maximum absolute atomic E-state index is 12.2. The molecule has 0 aliphatic carbocycles. The largest absolute Gasteiger partial charge is 0.492 e. The average Bonchev–Trinajstić information content (AvgIpc) is 2.64. The van der Waals surface area contributed by atoms with Gasteiger partial charge in [0.2, 0.25) is 0 Å². The summed E-state index contributed by atoms with van der Waals surface area (Å²) in [4.78, 5) is 23.8. The molecule has 28 heavy (non-hydrogen) atoms. The predicted octanol–water partition coefficient (Wildman–Crippen LogP) is 4.17. The summed E-state index contributed by atoms with van der Waals surface area (Å²) in [5.74, 6) is 0.506. The van der Waals surface area contributed by atoms with E-state index in [9.17, 15) is 9.59 Å². The first-order chi connectivity index (χ1) is 13.2. The lowest BCUT2D eigenvalue weighted by Crippen LogP contribution is -2.32. The Hall–Kier alpha value is -2.73. The molecule has 0 fully saturated rings. The summed E-state index contributed by atoms with van der Waals surface area (Å²) in [7, 11) is 0. The topological polar surface area (TPSA) is 76.7 Å². The first-order valence-corrected chi connectivity index (χ1v) is 9.33. The van der Waals surface area contributed by atoms with Crippen molar-refractivity contribution in [3.63, 3.8) is 0 Å². The Morgan fingerprint density at radius 3 is 2.21 bits per heavy atom. The number of amides is 2. The van der Waals surface area contributed by atoms with Crippen molar-refractivity contribution in [2.24, 2.45) is 0 Å². The Bertz CT molecular complexity index is 784. The summed E-state index contributed by atoms with van der Waals surface area (Å²) in [6, 6.07) is 14.0. The summed E-state index contributed by atoms with van der Waals surface area (Å²) < 4.78 is 10.7. The highest BCUT2D eigenvalue weighted by Crippen LogP contribution is 2.15. The summed E-state index contributed by atoms with van der Waals surface area (Å²) in [6.45, 7) is 6.47. The molecular formula is C21H25ClN2O4. The number of ether oxygens (including phenoxy) is 2. The zero-order chi connectivity index (χ0) is 20.6. The third kappa shape index (κ3) is 7.88. The minimum Gasteiger partial charge on any atom is -0.492 e. The van der Waals surface area contributed by atoms with Crippen molar-refractivity contribution in [1.29, 1.82) is 0 Å². The number of nitrogens with one attached hydrogen (secondary N) is 2. The molecule has 7 heteroatoms. The molecular weight excluding hydrogens is 380 g/mol. The fraction of sp³-hybridized carbons (Fsp3) is 0.333. The van der Waals surface area contributed by atoms with Crippen molar-refractivity contribution >= 4 is 23.6 Å². The van der Waals surface area contributed by atoms with Gasteiger partial charge in [0.1, 0.15) is 18.0 Å². The van der Waals surface area contributed by atoms with Gasteiger partial charge in [0.25, 0.3) is 5.91 Å². The Morgan fingerprint density at radius 1 is 0.964 bits per heavy atom. The van der Waals surface area contributed by atoms with Gasteiger partial charge in [0, 0.05) is 17.1 Å². The number of rotatable bonds is 7. The molecule has 0 atom stereocenters. The van der Waals surface area contributed by atoms with Crippen LogP contribution in [0.15, 0.2) is 48.5 Å². The Balaban J connectivity index is 1.72. The van der Waals surface area contributed by atoms with Crippen LogP contribution in [0.3, 0.4) is 0 Å². The first-order valence-electron chi connectivity index (χ1n) is 8.95. The van der Waals surface area contributed by atoms with Gasteiger partial charge < -0.3 is 20.1 Å². The van der Waals surface area contributed by atoms with Crippen molar-refractivity contribution in [2.45, 2.75) is 32.9 Å². The van der Waals surface area contributed by atoms with Crippen LogP contribution in [-0.4, -0.2) is 30.8 Å². The van der Waals surface area contributed by atoms with Gasteiger partial charge in [-0.2, -0.15) is 0 Å². The standard InChI is InChI=1S/C21H25ClN2O4/c1-21(2,3)28-20(26)24-14-15-4-6-16(7-5-15)19(25)23-12-13-27-18-10-8-17(22)9-11-18/h4-11H,12-14H2,1-3H3,(H,23,25)(H,24,26). The Labute approximate surface area is 170 Å². The fourth-order valence-corrected chi connectivity index (χ4v) is 2.35. The summed E-state index contributed by atoms with van der Waals surface area (Å²) >= 11 is 5.81. The molecule has 2 amide bonds. The number of carbonyl (C=O) groups excluding carboxylic acids is 2. The lowest BCUT2D eigenvalue weighted by atomic mass is 10.1. The van der Waals surface area contributed by atoms with Crippen LogP contribution in [-0.2, 0) is 11.3 Å². The molecule has 0 spiro atoms. The molecule has 2 aromatic rings. The predicted molar refractivity (Wildman–Crippen MR) is 109 cm³/mol. The molecule has 0 saturated carbocycles. The molecule has 2 aromatic carbocycles. The SMILES string of the molecule is CC(C)(C)OC(=O)NCc1ccc(C(=O)NCCOc2ccc(Cl)cc2)cc1. The molecule has 2 rings (SSSR count). The number of hydrogen-bond acceptors (Lipinski definition) is 4. The molecule has 0 radical (unpaired) electrons. The number of carbonyl (C=O) groups is 2. The Kier molecular flexibility index (Phi) is 7.70. The molecule has 0 heterocycles. The molecule has 150 valence electrons. The van der Waals surface area contributed by atoms with Gasteiger partial charge in [-0.15, -0.1) is 0 Å². The van der Waals surface area contributed by atoms with E-state index in [0.29, 0.717) is 36.0 Å². The normalized spacial score (nSPS) is 10.9.